The van der Waals surface area contributed by atoms with E-state index in [4.69, 9.17) is 25.8 Å². The number of halogens is 1. The highest BCUT2D eigenvalue weighted by molar-refractivity contribution is 7.93. The van der Waals surface area contributed by atoms with E-state index >= 15 is 4.79 Å². The summed E-state index contributed by atoms with van der Waals surface area (Å²) in [7, 11) is -0.124. The van der Waals surface area contributed by atoms with Gasteiger partial charge in [-0.25, -0.2) is 17.7 Å². The maximum atomic E-state index is 15.3. The number of sulfonamides is 1. The Balaban J connectivity index is 1.60. The number of benzene rings is 2. The van der Waals surface area contributed by atoms with Gasteiger partial charge in [0, 0.05) is 47.5 Å². The molecule has 4 heterocycles. The lowest BCUT2D eigenvalue weighted by Crippen LogP contribution is -2.58. The standard InChI is InChI=1S/C31H35ClN4O6S/c1-40-23-11-13-28(27(19-23)41-2)43(38,39)36-26-12-10-21(32)18-25(26)31(30(36)37,24-9-6-14-33-29(24)42-3)35-17-7-8-22(35)20-34-15-4-5-16-34/h6,9-14,18-19,22H,4-5,7-8,15-17,20H2,1-3H3. The molecular formula is C31H35ClN4O6S. The first-order valence-electron chi connectivity index (χ1n) is 14.4. The van der Waals surface area contributed by atoms with Crippen molar-refractivity contribution in [3.05, 3.63) is 70.9 Å². The van der Waals surface area contributed by atoms with E-state index < -0.39 is 21.5 Å². The summed E-state index contributed by atoms with van der Waals surface area (Å²) in [5.41, 5.74) is -0.391. The first kappa shape index (κ1) is 29.7. The Hall–Kier alpha value is -3.38. The minimum atomic E-state index is -4.49. The number of rotatable bonds is 9. The molecule has 228 valence electrons. The number of anilines is 1. The van der Waals surface area contributed by atoms with Gasteiger partial charge in [-0.15, -0.1) is 0 Å². The van der Waals surface area contributed by atoms with Crippen LogP contribution in [0.25, 0.3) is 0 Å². The summed E-state index contributed by atoms with van der Waals surface area (Å²) in [6.45, 7) is 3.35. The Morgan fingerprint density at radius 2 is 1.74 bits per heavy atom. The van der Waals surface area contributed by atoms with Gasteiger partial charge in [0.25, 0.3) is 15.9 Å². The first-order valence-corrected chi connectivity index (χ1v) is 16.2. The zero-order valence-electron chi connectivity index (χ0n) is 24.5. The lowest BCUT2D eigenvalue weighted by Gasteiger charge is -2.42. The molecule has 2 fully saturated rings. The van der Waals surface area contributed by atoms with Gasteiger partial charge in [0.05, 0.1) is 27.0 Å². The topological polar surface area (TPSA) is 102 Å². The number of ether oxygens (including phenoxy) is 3. The Morgan fingerprint density at radius 1 is 0.953 bits per heavy atom. The summed E-state index contributed by atoms with van der Waals surface area (Å²) in [4.78, 5) is 24.2. The lowest BCUT2D eigenvalue weighted by molar-refractivity contribution is -0.127. The van der Waals surface area contributed by atoms with Crippen LogP contribution in [0.1, 0.15) is 36.8 Å². The summed E-state index contributed by atoms with van der Waals surface area (Å²) in [6.07, 6.45) is 5.59. The van der Waals surface area contributed by atoms with Crippen molar-refractivity contribution in [3.63, 3.8) is 0 Å². The summed E-state index contributed by atoms with van der Waals surface area (Å²) in [6, 6.07) is 12.8. The molecule has 0 radical (unpaired) electrons. The number of fused-ring (bicyclic) bond motifs is 1. The Kier molecular flexibility index (Phi) is 8.01. The maximum absolute atomic E-state index is 15.3. The SMILES string of the molecule is COc1ccc(S(=O)(=O)N2C(=O)C(c3cccnc3OC)(N3CCCC3CN3CCCC3)c3cc(Cl)ccc32)c(OC)c1. The number of hydrogen-bond donors (Lipinski definition) is 0. The minimum Gasteiger partial charge on any atom is -0.497 e. The molecule has 2 aromatic carbocycles. The fourth-order valence-corrected chi connectivity index (χ4v) is 8.70. The molecule has 2 atom stereocenters. The fourth-order valence-electron chi connectivity index (χ4n) is 6.92. The second kappa shape index (κ2) is 11.6. The Morgan fingerprint density at radius 3 is 2.47 bits per heavy atom. The maximum Gasteiger partial charge on any atom is 0.274 e. The highest BCUT2D eigenvalue weighted by Crippen LogP contribution is 2.55. The molecule has 10 nitrogen and oxygen atoms in total. The van der Waals surface area contributed by atoms with E-state index in [1.165, 1.54) is 39.5 Å². The van der Waals surface area contributed by atoms with E-state index in [2.05, 4.69) is 14.8 Å². The van der Waals surface area contributed by atoms with Crippen molar-refractivity contribution in [3.8, 4) is 17.4 Å². The number of carbonyl (C=O) groups excluding carboxylic acids is 1. The Labute approximate surface area is 257 Å². The van der Waals surface area contributed by atoms with Crippen LogP contribution in [0.3, 0.4) is 0 Å². The number of aromatic nitrogens is 1. The van der Waals surface area contributed by atoms with Gasteiger partial charge in [-0.05, 0) is 81.2 Å². The summed E-state index contributed by atoms with van der Waals surface area (Å²) >= 11 is 6.61. The van der Waals surface area contributed by atoms with Crippen molar-refractivity contribution in [1.29, 1.82) is 0 Å². The van der Waals surface area contributed by atoms with Crippen molar-refractivity contribution in [2.24, 2.45) is 0 Å². The van der Waals surface area contributed by atoms with Gasteiger partial charge in [-0.1, -0.05) is 11.6 Å². The molecule has 3 aliphatic heterocycles. The molecular weight excluding hydrogens is 592 g/mol. The number of nitrogens with zero attached hydrogens (tertiary/aromatic N) is 4. The van der Waals surface area contributed by atoms with Crippen LogP contribution >= 0.6 is 11.6 Å². The summed E-state index contributed by atoms with van der Waals surface area (Å²) in [5, 5.41) is 0.385. The number of likely N-dealkylation sites (tertiary alicyclic amines) is 2. The molecule has 2 saturated heterocycles. The van der Waals surface area contributed by atoms with Crippen LogP contribution in [0, 0.1) is 0 Å². The van der Waals surface area contributed by atoms with Crippen molar-refractivity contribution in [2.75, 3.05) is 51.8 Å². The molecule has 0 aliphatic carbocycles. The van der Waals surface area contributed by atoms with E-state index in [-0.39, 0.29) is 28.3 Å². The van der Waals surface area contributed by atoms with Gasteiger partial charge < -0.3 is 19.1 Å². The third-order valence-corrected chi connectivity index (χ3v) is 10.8. The number of methoxy groups -OCH3 is 3. The van der Waals surface area contributed by atoms with Crippen molar-refractivity contribution < 1.29 is 27.4 Å². The smallest absolute Gasteiger partial charge is 0.274 e. The van der Waals surface area contributed by atoms with Gasteiger partial charge in [0.1, 0.15) is 16.4 Å². The highest BCUT2D eigenvalue weighted by atomic mass is 35.5. The molecule has 2 unspecified atom stereocenters. The third-order valence-electron chi connectivity index (χ3n) is 8.78. The quantitative estimate of drug-likeness (QED) is 0.344. The largest absolute Gasteiger partial charge is 0.497 e. The van der Waals surface area contributed by atoms with E-state index in [0.717, 1.165) is 49.6 Å². The van der Waals surface area contributed by atoms with Gasteiger partial charge in [0.2, 0.25) is 5.88 Å². The molecule has 0 bridgehead atoms. The van der Waals surface area contributed by atoms with Crippen LogP contribution in [0.4, 0.5) is 5.69 Å². The number of carbonyl (C=O) groups is 1. The van der Waals surface area contributed by atoms with Crippen LogP contribution < -0.4 is 18.5 Å². The zero-order valence-corrected chi connectivity index (χ0v) is 26.0. The average molecular weight is 627 g/mol. The number of amides is 1. The predicted octanol–water partition coefficient (Wildman–Crippen LogP) is 4.30. The molecule has 43 heavy (non-hydrogen) atoms. The van der Waals surface area contributed by atoms with Gasteiger partial charge in [-0.2, -0.15) is 0 Å². The minimum absolute atomic E-state index is 0.0167. The van der Waals surface area contributed by atoms with Crippen LogP contribution in [-0.2, 0) is 20.4 Å². The van der Waals surface area contributed by atoms with Crippen LogP contribution in [0.15, 0.2) is 59.6 Å². The van der Waals surface area contributed by atoms with Crippen LogP contribution in [0.5, 0.6) is 17.4 Å². The van der Waals surface area contributed by atoms with Crippen LogP contribution in [0.2, 0.25) is 5.02 Å². The average Bonchev–Trinajstić information content (AvgIpc) is 3.76. The van der Waals surface area contributed by atoms with Gasteiger partial charge in [0.15, 0.2) is 5.54 Å². The molecule has 1 amide bonds. The monoisotopic (exact) mass is 626 g/mol. The highest BCUT2D eigenvalue weighted by Gasteiger charge is 2.62. The van der Waals surface area contributed by atoms with Crippen LogP contribution in [-0.4, -0.2) is 82.7 Å². The van der Waals surface area contributed by atoms with Crippen molar-refractivity contribution >= 4 is 33.2 Å². The van der Waals surface area contributed by atoms with Gasteiger partial charge >= 0.3 is 0 Å². The normalized spacial score (nSPS) is 22.7. The molecule has 0 N–H and O–H groups in total. The van der Waals surface area contributed by atoms with E-state index in [1.807, 2.05) is 0 Å². The fraction of sp³-hybridized carbons (Fsp3) is 0.419. The summed E-state index contributed by atoms with van der Waals surface area (Å²) in [5.74, 6) is 0.0938. The zero-order chi connectivity index (χ0) is 30.4. The van der Waals surface area contributed by atoms with E-state index in [9.17, 15) is 8.42 Å². The van der Waals surface area contributed by atoms with E-state index in [0.29, 0.717) is 28.4 Å². The molecule has 6 rings (SSSR count). The second-order valence-corrected chi connectivity index (χ2v) is 13.2. The van der Waals surface area contributed by atoms with Crippen molar-refractivity contribution in [1.82, 2.24) is 14.8 Å². The van der Waals surface area contributed by atoms with Crippen molar-refractivity contribution in [2.45, 2.75) is 42.2 Å². The summed E-state index contributed by atoms with van der Waals surface area (Å²) < 4.78 is 46.6. The second-order valence-electron chi connectivity index (χ2n) is 11.0. The Bertz CT molecular complexity index is 1650. The van der Waals surface area contributed by atoms with Gasteiger partial charge in [-0.3, -0.25) is 9.69 Å². The molecule has 3 aromatic rings. The number of pyridine rings is 1. The molecule has 1 aromatic heterocycles. The predicted molar refractivity (Wildman–Crippen MR) is 163 cm³/mol. The molecule has 12 heteroatoms. The lowest BCUT2D eigenvalue weighted by atomic mass is 9.81. The molecule has 0 saturated carbocycles. The third kappa shape index (κ3) is 4.73. The van der Waals surface area contributed by atoms with E-state index in [1.54, 1.807) is 36.5 Å². The number of hydrogen-bond acceptors (Lipinski definition) is 9. The molecule has 0 spiro atoms. The first-order chi connectivity index (χ1) is 20.8. The molecule has 3 aliphatic rings.